The molecule has 1 heterocycles. The molecule has 4 aromatic rings. The van der Waals surface area contributed by atoms with Crippen molar-refractivity contribution < 1.29 is 9.59 Å². The Morgan fingerprint density at radius 3 is 1.90 bits per heavy atom. The average Bonchev–Trinajstić information content (AvgIpc) is 3.10. The van der Waals surface area contributed by atoms with Crippen LogP contribution in [-0.2, 0) is 0 Å². The lowest BCUT2D eigenvalue weighted by atomic mass is 9.93. The number of rotatable bonds is 5. The fourth-order valence-electron chi connectivity index (χ4n) is 3.35. The number of hydrogen-bond acceptors (Lipinski definition) is 3. The molecule has 0 bridgehead atoms. The van der Waals surface area contributed by atoms with E-state index < -0.39 is 0 Å². The minimum Gasteiger partial charge on any atom is -0.385 e. The molecule has 3 N–H and O–H groups in total. The van der Waals surface area contributed by atoms with Gasteiger partial charge >= 0.3 is 0 Å². The first-order chi connectivity index (χ1) is 14.5. The summed E-state index contributed by atoms with van der Waals surface area (Å²) >= 11 is 12.5. The van der Waals surface area contributed by atoms with Gasteiger partial charge in [-0.15, -0.1) is 0 Å². The summed E-state index contributed by atoms with van der Waals surface area (Å²) in [6, 6.07) is 22.4. The Morgan fingerprint density at radius 2 is 1.33 bits per heavy atom. The molecule has 30 heavy (non-hydrogen) atoms. The number of carbonyl (C=O) groups is 2. The second-order valence-electron chi connectivity index (χ2n) is 6.68. The molecule has 3 aromatic carbocycles. The molecule has 0 fully saturated rings. The molecule has 0 atom stereocenters. The van der Waals surface area contributed by atoms with E-state index in [0.717, 1.165) is 0 Å². The Morgan fingerprint density at radius 1 is 0.767 bits per heavy atom. The number of aromatic amines is 1. The molecule has 0 aliphatic heterocycles. The summed E-state index contributed by atoms with van der Waals surface area (Å²) in [6.45, 7) is 0. The van der Waals surface area contributed by atoms with Crippen molar-refractivity contribution in [3.05, 3.63) is 111 Å². The highest BCUT2D eigenvalue weighted by atomic mass is 35.5. The first-order valence-electron chi connectivity index (χ1n) is 9.13. The fourth-order valence-corrected chi connectivity index (χ4v) is 3.86. The Labute approximate surface area is 183 Å². The van der Waals surface area contributed by atoms with Crippen LogP contribution in [0.1, 0.15) is 32.0 Å². The normalized spacial score (nSPS) is 10.7. The number of carbonyl (C=O) groups excluding carboxylic acids is 2. The summed E-state index contributed by atoms with van der Waals surface area (Å²) in [7, 11) is 0. The zero-order valence-electron chi connectivity index (χ0n) is 15.7. The maximum atomic E-state index is 13.3. The maximum absolute atomic E-state index is 13.3. The van der Waals surface area contributed by atoms with Gasteiger partial charge in [-0.25, -0.2) is 0 Å². The zero-order valence-corrected chi connectivity index (χ0v) is 17.2. The number of H-pyrrole nitrogens is 1. The van der Waals surface area contributed by atoms with Crippen LogP contribution in [0.5, 0.6) is 0 Å². The average molecular weight is 435 g/mol. The smallest absolute Gasteiger partial charge is 0.209 e. The second-order valence-corrected chi connectivity index (χ2v) is 7.52. The topological polar surface area (TPSA) is 76.0 Å². The van der Waals surface area contributed by atoms with Crippen molar-refractivity contribution in [1.82, 2.24) is 4.98 Å². The number of nitrogens with one attached hydrogen (secondary N) is 1. The third kappa shape index (κ3) is 3.63. The van der Waals surface area contributed by atoms with Gasteiger partial charge in [-0.3, -0.25) is 9.59 Å². The molecule has 6 heteroatoms. The van der Waals surface area contributed by atoms with E-state index in [1.165, 1.54) is 0 Å². The SMILES string of the molecule is Nc1[nH]c(C(=O)c2ccccc2)c(-c2ccc(Cl)cc2Cl)c1C(=O)c1ccccc1. The van der Waals surface area contributed by atoms with Crippen molar-refractivity contribution in [2.45, 2.75) is 0 Å². The van der Waals surface area contributed by atoms with Crippen LogP contribution in [0.3, 0.4) is 0 Å². The molecule has 0 aliphatic rings. The molecule has 0 spiro atoms. The van der Waals surface area contributed by atoms with Crippen molar-refractivity contribution >= 4 is 40.6 Å². The molecule has 148 valence electrons. The predicted molar refractivity (Wildman–Crippen MR) is 120 cm³/mol. The van der Waals surface area contributed by atoms with Crippen LogP contribution in [0.15, 0.2) is 78.9 Å². The van der Waals surface area contributed by atoms with Crippen LogP contribution in [0, 0.1) is 0 Å². The van der Waals surface area contributed by atoms with E-state index in [9.17, 15) is 9.59 Å². The van der Waals surface area contributed by atoms with Crippen LogP contribution in [-0.4, -0.2) is 16.6 Å². The molecule has 0 radical (unpaired) electrons. The lowest BCUT2D eigenvalue weighted by Crippen LogP contribution is -2.07. The number of hydrogen-bond donors (Lipinski definition) is 2. The number of ketones is 2. The largest absolute Gasteiger partial charge is 0.385 e. The molecule has 0 saturated heterocycles. The number of anilines is 1. The minimum atomic E-state index is -0.308. The molecular weight excluding hydrogens is 419 g/mol. The number of benzene rings is 3. The van der Waals surface area contributed by atoms with Crippen LogP contribution < -0.4 is 5.73 Å². The summed E-state index contributed by atoms with van der Waals surface area (Å²) in [6.07, 6.45) is 0. The first kappa shape index (κ1) is 20.0. The van der Waals surface area contributed by atoms with E-state index >= 15 is 0 Å². The third-order valence-corrected chi connectivity index (χ3v) is 5.30. The summed E-state index contributed by atoms with van der Waals surface area (Å²) in [5, 5.41) is 0.754. The quantitative estimate of drug-likeness (QED) is 0.376. The molecule has 0 saturated carbocycles. The molecule has 1 aromatic heterocycles. The van der Waals surface area contributed by atoms with E-state index in [1.807, 2.05) is 12.1 Å². The van der Waals surface area contributed by atoms with Gasteiger partial charge in [0.15, 0.2) is 5.78 Å². The number of halogens is 2. The summed E-state index contributed by atoms with van der Waals surface area (Å²) in [4.78, 5) is 29.5. The highest BCUT2D eigenvalue weighted by Crippen LogP contribution is 2.39. The van der Waals surface area contributed by atoms with E-state index in [2.05, 4.69) is 4.98 Å². The monoisotopic (exact) mass is 434 g/mol. The Bertz CT molecular complexity index is 1250. The highest BCUT2D eigenvalue weighted by molar-refractivity contribution is 6.37. The van der Waals surface area contributed by atoms with E-state index in [1.54, 1.807) is 66.7 Å². The van der Waals surface area contributed by atoms with Gasteiger partial charge in [0.25, 0.3) is 0 Å². The second kappa shape index (κ2) is 8.19. The lowest BCUT2D eigenvalue weighted by molar-refractivity contribution is 0.103. The summed E-state index contributed by atoms with van der Waals surface area (Å²) in [5.41, 5.74) is 8.38. The van der Waals surface area contributed by atoms with Crippen LogP contribution in [0.25, 0.3) is 11.1 Å². The lowest BCUT2D eigenvalue weighted by Gasteiger charge is -2.10. The summed E-state index contributed by atoms with van der Waals surface area (Å²) < 4.78 is 0. The molecule has 0 amide bonds. The van der Waals surface area contributed by atoms with Crippen LogP contribution >= 0.6 is 23.2 Å². The zero-order chi connectivity index (χ0) is 21.3. The van der Waals surface area contributed by atoms with Crippen LogP contribution in [0.4, 0.5) is 5.82 Å². The minimum absolute atomic E-state index is 0.101. The molecular formula is C24H16Cl2N2O2. The Kier molecular flexibility index (Phi) is 5.44. The highest BCUT2D eigenvalue weighted by Gasteiger charge is 2.28. The first-order valence-corrected chi connectivity index (χ1v) is 9.89. The van der Waals surface area contributed by atoms with Crippen molar-refractivity contribution in [2.75, 3.05) is 5.73 Å². The van der Waals surface area contributed by atoms with E-state index in [0.29, 0.717) is 32.3 Å². The third-order valence-electron chi connectivity index (χ3n) is 4.76. The number of nitrogen functional groups attached to an aromatic ring is 1. The van der Waals surface area contributed by atoms with Gasteiger partial charge in [0.1, 0.15) is 5.82 Å². The van der Waals surface area contributed by atoms with Gasteiger partial charge in [0, 0.05) is 32.3 Å². The van der Waals surface area contributed by atoms with Gasteiger partial charge in [-0.1, -0.05) is 89.9 Å². The van der Waals surface area contributed by atoms with E-state index in [4.69, 9.17) is 28.9 Å². The predicted octanol–water partition coefficient (Wildman–Crippen LogP) is 6.03. The van der Waals surface area contributed by atoms with Gasteiger partial charge in [-0.2, -0.15) is 0 Å². The van der Waals surface area contributed by atoms with Crippen molar-refractivity contribution in [2.24, 2.45) is 0 Å². The van der Waals surface area contributed by atoms with Gasteiger partial charge in [0.05, 0.1) is 11.3 Å². The maximum Gasteiger partial charge on any atom is 0.209 e. The summed E-state index contributed by atoms with van der Waals surface area (Å²) in [5.74, 6) is -0.503. The van der Waals surface area contributed by atoms with E-state index in [-0.39, 0.29) is 28.6 Å². The van der Waals surface area contributed by atoms with Gasteiger partial charge in [-0.05, 0) is 12.1 Å². The van der Waals surface area contributed by atoms with Crippen molar-refractivity contribution in [1.29, 1.82) is 0 Å². The fraction of sp³-hybridized carbons (Fsp3) is 0. The number of aromatic nitrogens is 1. The van der Waals surface area contributed by atoms with Gasteiger partial charge < -0.3 is 10.7 Å². The molecule has 0 aliphatic carbocycles. The Balaban J connectivity index is 1.98. The van der Waals surface area contributed by atoms with Crippen molar-refractivity contribution in [3.63, 3.8) is 0 Å². The molecule has 0 unspecified atom stereocenters. The molecule has 4 nitrogen and oxygen atoms in total. The van der Waals surface area contributed by atoms with Crippen molar-refractivity contribution in [3.8, 4) is 11.1 Å². The number of nitrogens with two attached hydrogens (primary N) is 1. The standard InChI is InChI=1S/C24H16Cl2N2O2/c25-16-11-12-17(18(26)13-16)19-20(22(29)14-7-3-1-4-8-14)24(27)28-21(19)23(30)15-9-5-2-6-10-15/h1-13,28H,27H2. The Hall–Kier alpha value is -3.34. The van der Waals surface area contributed by atoms with Gasteiger partial charge in [0.2, 0.25) is 5.78 Å². The van der Waals surface area contributed by atoms with Crippen LogP contribution in [0.2, 0.25) is 10.0 Å². The molecule has 4 rings (SSSR count).